The third-order valence-corrected chi connectivity index (χ3v) is 7.53. The molecule has 1 amide bonds. The zero-order valence-electron chi connectivity index (χ0n) is 19.2. The summed E-state index contributed by atoms with van der Waals surface area (Å²) in [5.74, 6) is 2.30. The summed E-state index contributed by atoms with van der Waals surface area (Å²) in [6.45, 7) is 7.03. The first kappa shape index (κ1) is 21.4. The average molecular weight is 434 g/mol. The van der Waals surface area contributed by atoms with Crippen molar-refractivity contribution in [1.29, 1.82) is 0 Å². The van der Waals surface area contributed by atoms with Gasteiger partial charge in [0, 0.05) is 48.4 Å². The first-order valence-corrected chi connectivity index (χ1v) is 12.4. The number of fused-ring (bicyclic) bond motifs is 1. The SMILES string of the molecule is CCN1CCC[C@@H]1CNC(=O)C1CCN(c2nc(-c3ccccc3)nc3c2CCC3)CC1. The highest BCUT2D eigenvalue weighted by Crippen LogP contribution is 2.33. The number of aryl methyl sites for hydroxylation is 1. The predicted octanol–water partition coefficient (Wildman–Crippen LogP) is 3.45. The molecule has 2 saturated heterocycles. The number of amides is 1. The van der Waals surface area contributed by atoms with Gasteiger partial charge in [0.15, 0.2) is 5.82 Å². The second-order valence-electron chi connectivity index (χ2n) is 9.45. The summed E-state index contributed by atoms with van der Waals surface area (Å²) in [5, 5.41) is 3.26. The van der Waals surface area contributed by atoms with Crippen molar-refractivity contribution < 1.29 is 4.79 Å². The van der Waals surface area contributed by atoms with E-state index in [2.05, 4.69) is 34.2 Å². The minimum Gasteiger partial charge on any atom is -0.356 e. The summed E-state index contributed by atoms with van der Waals surface area (Å²) in [6, 6.07) is 10.8. The Labute approximate surface area is 191 Å². The third kappa shape index (κ3) is 4.38. The Morgan fingerprint density at radius 1 is 1.03 bits per heavy atom. The van der Waals surface area contributed by atoms with Crippen LogP contribution in [0.5, 0.6) is 0 Å². The first-order valence-electron chi connectivity index (χ1n) is 12.4. The first-order chi connectivity index (χ1) is 15.7. The number of likely N-dealkylation sites (N-methyl/N-ethyl adjacent to an activating group) is 1. The normalized spacial score (nSPS) is 21.7. The number of rotatable bonds is 6. The van der Waals surface area contributed by atoms with Gasteiger partial charge in [-0.05, 0) is 58.0 Å². The van der Waals surface area contributed by atoms with Crippen LogP contribution in [0.2, 0.25) is 0 Å². The minimum atomic E-state index is 0.117. The predicted molar refractivity (Wildman–Crippen MR) is 128 cm³/mol. The van der Waals surface area contributed by atoms with E-state index in [-0.39, 0.29) is 11.8 Å². The molecule has 1 N–H and O–H groups in total. The number of likely N-dealkylation sites (tertiary alicyclic amines) is 1. The van der Waals surface area contributed by atoms with Crippen molar-refractivity contribution in [1.82, 2.24) is 20.2 Å². The van der Waals surface area contributed by atoms with Crippen molar-refractivity contribution in [3.63, 3.8) is 0 Å². The maximum absolute atomic E-state index is 12.8. The lowest BCUT2D eigenvalue weighted by Gasteiger charge is -2.34. The standard InChI is InChI=1S/C26H35N5O/c1-2-30-15-7-10-21(30)18-27-26(32)20-13-16-31(17-14-20)25-22-11-6-12-23(22)28-24(29-25)19-8-4-3-5-9-19/h3-5,8-9,20-21H,2,6-7,10-18H2,1H3,(H,27,32)/t21-/m1/s1. The van der Waals surface area contributed by atoms with Crippen LogP contribution in [0.3, 0.4) is 0 Å². The van der Waals surface area contributed by atoms with E-state index in [0.29, 0.717) is 6.04 Å². The Morgan fingerprint density at radius 2 is 1.84 bits per heavy atom. The van der Waals surface area contributed by atoms with Crippen LogP contribution in [0.25, 0.3) is 11.4 Å². The van der Waals surface area contributed by atoms with Crippen molar-refractivity contribution >= 4 is 11.7 Å². The number of carbonyl (C=O) groups excluding carboxylic acids is 1. The Kier molecular flexibility index (Phi) is 6.39. The average Bonchev–Trinajstić information content (AvgIpc) is 3.51. The summed E-state index contributed by atoms with van der Waals surface area (Å²) in [6.07, 6.45) is 7.51. The number of hydrogen-bond acceptors (Lipinski definition) is 5. The van der Waals surface area contributed by atoms with Gasteiger partial charge in [0.25, 0.3) is 0 Å². The van der Waals surface area contributed by atoms with Crippen molar-refractivity contribution in [3.05, 3.63) is 41.6 Å². The van der Waals surface area contributed by atoms with Gasteiger partial charge in [-0.25, -0.2) is 9.97 Å². The number of nitrogens with zero attached hydrogens (tertiary/aromatic N) is 4. The highest BCUT2D eigenvalue weighted by Gasteiger charge is 2.30. The lowest BCUT2D eigenvalue weighted by Crippen LogP contribution is -2.45. The zero-order chi connectivity index (χ0) is 21.9. The number of piperidine rings is 1. The second kappa shape index (κ2) is 9.57. The van der Waals surface area contributed by atoms with Gasteiger partial charge in [0.1, 0.15) is 5.82 Å². The zero-order valence-corrected chi connectivity index (χ0v) is 19.2. The van der Waals surface area contributed by atoms with E-state index in [4.69, 9.17) is 9.97 Å². The molecular weight excluding hydrogens is 398 g/mol. The van der Waals surface area contributed by atoms with E-state index in [1.807, 2.05) is 18.2 Å². The largest absolute Gasteiger partial charge is 0.356 e. The lowest BCUT2D eigenvalue weighted by atomic mass is 9.95. The minimum absolute atomic E-state index is 0.117. The number of anilines is 1. The van der Waals surface area contributed by atoms with E-state index in [1.165, 1.54) is 30.6 Å². The molecule has 0 unspecified atom stereocenters. The number of aromatic nitrogens is 2. The molecule has 1 atom stereocenters. The molecule has 1 aliphatic carbocycles. The van der Waals surface area contributed by atoms with Gasteiger partial charge in [-0.15, -0.1) is 0 Å². The van der Waals surface area contributed by atoms with Crippen LogP contribution in [-0.2, 0) is 17.6 Å². The molecule has 170 valence electrons. The molecule has 6 heteroatoms. The van der Waals surface area contributed by atoms with Gasteiger partial charge in [-0.1, -0.05) is 37.3 Å². The molecule has 2 aliphatic heterocycles. The smallest absolute Gasteiger partial charge is 0.223 e. The van der Waals surface area contributed by atoms with Crippen molar-refractivity contribution in [2.24, 2.45) is 5.92 Å². The highest BCUT2D eigenvalue weighted by molar-refractivity contribution is 5.79. The maximum atomic E-state index is 12.8. The molecule has 0 bridgehead atoms. The van der Waals surface area contributed by atoms with Gasteiger partial charge >= 0.3 is 0 Å². The summed E-state index contributed by atoms with van der Waals surface area (Å²) in [4.78, 5) is 27.6. The highest BCUT2D eigenvalue weighted by atomic mass is 16.1. The van der Waals surface area contributed by atoms with E-state index < -0.39 is 0 Å². The van der Waals surface area contributed by atoms with E-state index in [9.17, 15) is 4.79 Å². The molecule has 0 radical (unpaired) electrons. The Hall–Kier alpha value is -2.47. The molecule has 1 aromatic heterocycles. The van der Waals surface area contributed by atoms with E-state index in [0.717, 1.165) is 75.5 Å². The molecule has 0 saturated carbocycles. The number of hydrogen-bond donors (Lipinski definition) is 1. The quantitative estimate of drug-likeness (QED) is 0.756. The fraction of sp³-hybridized carbons (Fsp3) is 0.577. The van der Waals surface area contributed by atoms with Gasteiger partial charge in [-0.2, -0.15) is 0 Å². The molecule has 1 aromatic carbocycles. The molecule has 5 rings (SSSR count). The molecule has 2 aromatic rings. The second-order valence-corrected chi connectivity index (χ2v) is 9.45. The molecule has 32 heavy (non-hydrogen) atoms. The molecule has 0 spiro atoms. The number of benzene rings is 1. The van der Waals surface area contributed by atoms with E-state index in [1.54, 1.807) is 0 Å². The molecule has 3 heterocycles. The van der Waals surface area contributed by atoms with Gasteiger partial charge in [0.05, 0.1) is 0 Å². The molecule has 2 fully saturated rings. The van der Waals surface area contributed by atoms with E-state index >= 15 is 0 Å². The van der Waals surface area contributed by atoms with Gasteiger partial charge in [0.2, 0.25) is 5.91 Å². The van der Waals surface area contributed by atoms with Crippen molar-refractivity contribution in [2.45, 2.75) is 57.9 Å². The Balaban J connectivity index is 1.23. The van der Waals surface area contributed by atoms with Gasteiger partial charge < -0.3 is 10.2 Å². The van der Waals surface area contributed by atoms with Crippen LogP contribution in [0, 0.1) is 5.92 Å². The van der Waals surface area contributed by atoms with Crippen LogP contribution in [0.1, 0.15) is 50.3 Å². The third-order valence-electron chi connectivity index (χ3n) is 7.53. The topological polar surface area (TPSA) is 61.4 Å². The van der Waals surface area contributed by atoms with Crippen LogP contribution < -0.4 is 10.2 Å². The summed E-state index contributed by atoms with van der Waals surface area (Å²) in [7, 11) is 0. The molecule has 6 nitrogen and oxygen atoms in total. The van der Waals surface area contributed by atoms with Crippen molar-refractivity contribution in [2.75, 3.05) is 37.6 Å². The van der Waals surface area contributed by atoms with Gasteiger partial charge in [-0.3, -0.25) is 9.69 Å². The van der Waals surface area contributed by atoms with Crippen LogP contribution in [0.15, 0.2) is 30.3 Å². The van der Waals surface area contributed by atoms with Crippen LogP contribution >= 0.6 is 0 Å². The summed E-state index contributed by atoms with van der Waals surface area (Å²) < 4.78 is 0. The number of nitrogens with one attached hydrogen (secondary N) is 1. The summed E-state index contributed by atoms with van der Waals surface area (Å²) in [5.41, 5.74) is 3.62. The van der Waals surface area contributed by atoms with Crippen LogP contribution in [-0.4, -0.2) is 59.5 Å². The Morgan fingerprint density at radius 3 is 2.62 bits per heavy atom. The fourth-order valence-corrected chi connectivity index (χ4v) is 5.65. The summed E-state index contributed by atoms with van der Waals surface area (Å²) >= 11 is 0. The number of carbonyl (C=O) groups is 1. The molecule has 3 aliphatic rings. The fourth-order valence-electron chi connectivity index (χ4n) is 5.65. The van der Waals surface area contributed by atoms with Crippen molar-refractivity contribution in [3.8, 4) is 11.4 Å². The Bertz CT molecular complexity index is 939. The molecular formula is C26H35N5O. The monoisotopic (exact) mass is 433 g/mol. The lowest BCUT2D eigenvalue weighted by molar-refractivity contribution is -0.125. The maximum Gasteiger partial charge on any atom is 0.223 e. The van der Waals surface area contributed by atoms with Crippen LogP contribution in [0.4, 0.5) is 5.82 Å².